The molecule has 10 heteroatoms. The van der Waals surface area contributed by atoms with Gasteiger partial charge in [0.05, 0.1) is 34.8 Å². The Balaban J connectivity index is 2.16. The Kier molecular flexibility index (Phi) is 5.60. The summed E-state index contributed by atoms with van der Waals surface area (Å²) in [6.07, 6.45) is 2.25. The number of nitrogens with zero attached hydrogens (tertiary/aromatic N) is 5. The number of aliphatic hydroxyl groups excluding tert-OH is 1. The van der Waals surface area contributed by atoms with Crippen molar-refractivity contribution in [2.45, 2.75) is 57.5 Å². The molecule has 1 saturated heterocycles. The van der Waals surface area contributed by atoms with Crippen LogP contribution in [-0.2, 0) is 15.4 Å². The van der Waals surface area contributed by atoms with E-state index in [9.17, 15) is 18.8 Å². The second-order valence-electron chi connectivity index (χ2n) is 8.02. The minimum absolute atomic E-state index is 0.000123. The summed E-state index contributed by atoms with van der Waals surface area (Å²) >= 11 is 0. The van der Waals surface area contributed by atoms with Crippen molar-refractivity contribution in [3.05, 3.63) is 23.0 Å². The molecule has 2 atom stereocenters. The first-order valence-corrected chi connectivity index (χ1v) is 11.6. The molecule has 1 fully saturated rings. The number of piperidine rings is 1. The Hall–Kier alpha value is -2.22. The molecule has 0 aliphatic carbocycles. The number of hydrogen-bond donors (Lipinski definition) is 2. The second-order valence-corrected chi connectivity index (χ2v) is 10.0. The highest BCUT2D eigenvalue weighted by atomic mass is 32.2. The lowest BCUT2D eigenvalue weighted by molar-refractivity contribution is 0.0846. The first-order chi connectivity index (χ1) is 13.6. The minimum Gasteiger partial charge on any atom is -0.391 e. The predicted molar refractivity (Wildman–Crippen MR) is 110 cm³/mol. The number of sulfonamides is 1. The zero-order chi connectivity index (χ0) is 21.6. The molecule has 9 nitrogen and oxygen atoms in total. The van der Waals surface area contributed by atoms with Crippen molar-refractivity contribution in [1.82, 2.24) is 18.9 Å². The van der Waals surface area contributed by atoms with E-state index in [-0.39, 0.29) is 24.5 Å². The molecule has 158 valence electrons. The third-order valence-electron chi connectivity index (χ3n) is 6.29. The summed E-state index contributed by atoms with van der Waals surface area (Å²) in [6, 6.07) is 4.02. The molecule has 1 aliphatic rings. The number of aliphatic hydroxyl groups is 1. The van der Waals surface area contributed by atoms with Crippen molar-refractivity contribution in [3.8, 4) is 6.07 Å². The van der Waals surface area contributed by atoms with Gasteiger partial charge >= 0.3 is 0 Å². The Bertz CT molecular complexity index is 1070. The van der Waals surface area contributed by atoms with Gasteiger partial charge in [-0.05, 0) is 25.3 Å². The number of nitrogen functional groups attached to an aromatic ring is 1. The molecule has 3 rings (SSSR count). The highest BCUT2D eigenvalue weighted by molar-refractivity contribution is 7.88. The fourth-order valence-corrected chi connectivity index (χ4v) is 5.00. The number of aromatic nitrogens is 3. The molecule has 2 aromatic heterocycles. The molecule has 0 radical (unpaired) electrons. The number of nitriles is 1. The summed E-state index contributed by atoms with van der Waals surface area (Å²) in [4.78, 5) is 4.39. The van der Waals surface area contributed by atoms with E-state index in [4.69, 9.17) is 5.73 Å². The number of β-amino-alcohol motifs (C(OH)–C–C–N with tert-alkyl or cyclic N) is 1. The van der Waals surface area contributed by atoms with Gasteiger partial charge in [-0.15, -0.1) is 5.10 Å². The number of fused-ring (bicyclic) bond motifs is 1. The van der Waals surface area contributed by atoms with Crippen molar-refractivity contribution < 1.29 is 13.5 Å². The monoisotopic (exact) mass is 420 g/mol. The van der Waals surface area contributed by atoms with Crippen LogP contribution in [0.15, 0.2) is 6.07 Å². The van der Waals surface area contributed by atoms with E-state index in [1.807, 2.05) is 0 Å². The summed E-state index contributed by atoms with van der Waals surface area (Å²) in [5.41, 5.74) is 8.23. The average molecular weight is 421 g/mol. The highest BCUT2D eigenvalue weighted by Gasteiger charge is 2.37. The standard InChI is InChI=1S/C19H28N6O3S/c1-5-19(3,6-2)17-12(10-20)9-14-16(22-18(21)23-25(14)17)13-7-8-24(11-15(13)26)29(4,27)28/h9,13,15,26H,5-8,11H2,1-4H3,(H2,21,23). The highest BCUT2D eigenvalue weighted by Crippen LogP contribution is 2.38. The van der Waals surface area contributed by atoms with Crippen LogP contribution in [-0.4, -0.2) is 57.9 Å². The molecule has 0 bridgehead atoms. The molecule has 0 aromatic carbocycles. The largest absolute Gasteiger partial charge is 0.391 e. The quantitative estimate of drug-likeness (QED) is 0.745. The van der Waals surface area contributed by atoms with Crippen molar-refractivity contribution >= 4 is 21.5 Å². The molecule has 0 spiro atoms. The maximum atomic E-state index is 11.8. The molecule has 2 aromatic rings. The molecular formula is C19H28N6O3S. The fraction of sp³-hybridized carbons (Fsp3) is 0.632. The average Bonchev–Trinajstić information content (AvgIpc) is 3.05. The smallest absolute Gasteiger partial charge is 0.238 e. The topological polar surface area (TPSA) is 138 Å². The van der Waals surface area contributed by atoms with Gasteiger partial charge in [0.25, 0.3) is 0 Å². The van der Waals surface area contributed by atoms with Crippen LogP contribution in [0.1, 0.15) is 62.9 Å². The Labute approximate surface area is 171 Å². The van der Waals surface area contributed by atoms with Crippen LogP contribution in [0.2, 0.25) is 0 Å². The van der Waals surface area contributed by atoms with E-state index in [0.717, 1.165) is 24.8 Å². The van der Waals surface area contributed by atoms with Gasteiger partial charge in [-0.3, -0.25) is 0 Å². The lowest BCUT2D eigenvalue weighted by Crippen LogP contribution is -2.45. The van der Waals surface area contributed by atoms with Crippen LogP contribution >= 0.6 is 0 Å². The zero-order valence-corrected chi connectivity index (χ0v) is 18.1. The van der Waals surface area contributed by atoms with E-state index < -0.39 is 22.0 Å². The van der Waals surface area contributed by atoms with Crippen molar-refractivity contribution in [2.24, 2.45) is 0 Å². The predicted octanol–water partition coefficient (Wildman–Crippen LogP) is 1.37. The summed E-state index contributed by atoms with van der Waals surface area (Å²) < 4.78 is 26.6. The van der Waals surface area contributed by atoms with Crippen LogP contribution in [0.3, 0.4) is 0 Å². The fourth-order valence-electron chi connectivity index (χ4n) is 4.14. The summed E-state index contributed by atoms with van der Waals surface area (Å²) in [6.45, 7) is 6.52. The van der Waals surface area contributed by atoms with E-state index in [1.165, 1.54) is 4.31 Å². The van der Waals surface area contributed by atoms with Crippen molar-refractivity contribution in [1.29, 1.82) is 5.26 Å². The van der Waals surface area contributed by atoms with Crippen LogP contribution in [0.5, 0.6) is 0 Å². The van der Waals surface area contributed by atoms with Gasteiger partial charge in [0, 0.05) is 24.4 Å². The molecule has 2 unspecified atom stereocenters. The van der Waals surface area contributed by atoms with Crippen LogP contribution in [0.4, 0.5) is 5.95 Å². The first kappa shape index (κ1) is 21.5. The van der Waals surface area contributed by atoms with E-state index in [0.29, 0.717) is 23.2 Å². The SMILES string of the molecule is CCC(C)(CC)c1c(C#N)cc2c(C3CCN(S(C)(=O)=O)CC3O)nc(N)nn12. The maximum Gasteiger partial charge on any atom is 0.238 e. The van der Waals surface area contributed by atoms with Crippen LogP contribution in [0.25, 0.3) is 5.52 Å². The summed E-state index contributed by atoms with van der Waals surface area (Å²) in [5, 5.41) is 24.9. The molecule has 3 heterocycles. The lowest BCUT2D eigenvalue weighted by atomic mass is 9.80. The zero-order valence-electron chi connectivity index (χ0n) is 17.3. The van der Waals surface area contributed by atoms with Gasteiger partial charge in [-0.1, -0.05) is 20.8 Å². The lowest BCUT2D eigenvalue weighted by Gasteiger charge is -2.34. The Morgan fingerprint density at radius 1 is 1.41 bits per heavy atom. The van der Waals surface area contributed by atoms with Gasteiger partial charge in [0.15, 0.2) is 0 Å². The van der Waals surface area contributed by atoms with Crippen LogP contribution < -0.4 is 5.73 Å². The number of rotatable bonds is 5. The molecule has 0 saturated carbocycles. The summed E-state index contributed by atoms with van der Waals surface area (Å²) in [7, 11) is -3.38. The normalized spacial score (nSPS) is 21.4. The minimum atomic E-state index is -3.38. The van der Waals surface area contributed by atoms with Gasteiger partial charge in [0.2, 0.25) is 16.0 Å². The van der Waals surface area contributed by atoms with E-state index in [2.05, 4.69) is 36.9 Å². The van der Waals surface area contributed by atoms with E-state index >= 15 is 0 Å². The van der Waals surface area contributed by atoms with E-state index in [1.54, 1.807) is 10.6 Å². The third-order valence-corrected chi connectivity index (χ3v) is 7.56. The van der Waals surface area contributed by atoms with Gasteiger partial charge in [-0.2, -0.15) is 9.57 Å². The third kappa shape index (κ3) is 3.70. The second kappa shape index (κ2) is 7.55. The number of nitrogens with two attached hydrogens (primary N) is 1. The molecule has 3 N–H and O–H groups in total. The van der Waals surface area contributed by atoms with Gasteiger partial charge in [-0.25, -0.2) is 17.9 Å². The molecule has 0 amide bonds. The van der Waals surface area contributed by atoms with Crippen molar-refractivity contribution in [2.75, 3.05) is 25.1 Å². The van der Waals surface area contributed by atoms with Crippen molar-refractivity contribution in [3.63, 3.8) is 0 Å². The molecular weight excluding hydrogens is 392 g/mol. The Morgan fingerprint density at radius 2 is 2.07 bits per heavy atom. The van der Waals surface area contributed by atoms with Crippen LogP contribution in [0, 0.1) is 11.3 Å². The molecule has 1 aliphatic heterocycles. The summed E-state index contributed by atoms with van der Waals surface area (Å²) in [5.74, 6) is -0.342. The Morgan fingerprint density at radius 3 is 2.59 bits per heavy atom. The van der Waals surface area contributed by atoms with Gasteiger partial charge < -0.3 is 10.8 Å². The number of anilines is 1. The first-order valence-electron chi connectivity index (χ1n) is 9.78. The maximum absolute atomic E-state index is 11.8. The van der Waals surface area contributed by atoms with Gasteiger partial charge in [0.1, 0.15) is 6.07 Å². The number of hydrogen-bond acceptors (Lipinski definition) is 7. The molecule has 29 heavy (non-hydrogen) atoms.